The van der Waals surface area contributed by atoms with Gasteiger partial charge in [0.1, 0.15) is 0 Å². The van der Waals surface area contributed by atoms with Gasteiger partial charge >= 0.3 is 6.18 Å². The number of thiazole rings is 1. The molecule has 2 aromatic carbocycles. The largest absolute Gasteiger partial charge is 0.416 e. The van der Waals surface area contributed by atoms with Gasteiger partial charge < -0.3 is 0 Å². The third kappa shape index (κ3) is 3.37. The van der Waals surface area contributed by atoms with Crippen molar-refractivity contribution in [3.63, 3.8) is 0 Å². The Balaban J connectivity index is 1.94. The molecule has 3 rings (SSSR count). The average molecular weight is 364 g/mol. The van der Waals surface area contributed by atoms with Crippen LogP contribution in [0.15, 0.2) is 42.5 Å². The smallest absolute Gasteiger partial charge is 0.284 e. The monoisotopic (exact) mass is 364 g/mol. The Bertz CT molecular complexity index is 916. The predicted octanol–water partition coefficient (Wildman–Crippen LogP) is 5.29. The van der Waals surface area contributed by atoms with Gasteiger partial charge in [0.2, 0.25) is 0 Å². The second kappa shape index (κ2) is 6.48. The van der Waals surface area contributed by atoms with Crippen molar-refractivity contribution < 1.29 is 18.0 Å². The van der Waals surface area contributed by atoms with Gasteiger partial charge in [0, 0.05) is 12.1 Å². The van der Waals surface area contributed by atoms with Crippen LogP contribution in [-0.2, 0) is 6.18 Å². The number of aryl methyl sites for hydroxylation is 1. The van der Waals surface area contributed by atoms with E-state index in [9.17, 15) is 18.0 Å². The van der Waals surface area contributed by atoms with E-state index in [1.165, 1.54) is 28.4 Å². The number of rotatable bonds is 3. The third-order valence-corrected chi connectivity index (χ3v) is 4.90. The van der Waals surface area contributed by atoms with Crippen molar-refractivity contribution in [3.8, 4) is 0 Å². The summed E-state index contributed by atoms with van der Waals surface area (Å²) in [5, 5.41) is 0.539. The maximum absolute atomic E-state index is 12.7. The molecule has 0 N–H and O–H groups in total. The first-order chi connectivity index (χ1) is 11.8. The van der Waals surface area contributed by atoms with Crippen LogP contribution in [0.2, 0.25) is 0 Å². The predicted molar refractivity (Wildman–Crippen MR) is 93.2 cm³/mol. The Morgan fingerprint density at radius 1 is 1.16 bits per heavy atom. The van der Waals surface area contributed by atoms with E-state index < -0.39 is 11.7 Å². The van der Waals surface area contributed by atoms with E-state index in [2.05, 4.69) is 4.98 Å². The number of carbonyl (C=O) groups excluding carboxylic acids is 1. The second-order valence-corrected chi connectivity index (χ2v) is 6.55. The highest BCUT2D eigenvalue weighted by Crippen LogP contribution is 2.32. The molecule has 0 saturated carbocycles. The molecular weight excluding hydrogens is 349 g/mol. The van der Waals surface area contributed by atoms with E-state index >= 15 is 0 Å². The van der Waals surface area contributed by atoms with Gasteiger partial charge in [-0.2, -0.15) is 13.2 Å². The SMILES string of the molecule is CCN(C(=O)c1ccc(C(F)(F)F)cc1)c1nc2c(C)cccc2s1. The summed E-state index contributed by atoms with van der Waals surface area (Å²) in [7, 11) is 0. The van der Waals surface area contributed by atoms with Gasteiger partial charge in [0.25, 0.3) is 5.91 Å². The Labute approximate surface area is 146 Å². The molecule has 0 bridgehead atoms. The number of para-hydroxylation sites is 1. The Hall–Kier alpha value is -2.41. The van der Waals surface area contributed by atoms with Gasteiger partial charge in [-0.15, -0.1) is 0 Å². The molecule has 0 aliphatic rings. The molecule has 0 aliphatic heterocycles. The topological polar surface area (TPSA) is 33.2 Å². The minimum Gasteiger partial charge on any atom is -0.284 e. The van der Waals surface area contributed by atoms with Gasteiger partial charge in [-0.25, -0.2) is 4.98 Å². The van der Waals surface area contributed by atoms with Crippen LogP contribution in [0.5, 0.6) is 0 Å². The molecule has 0 saturated heterocycles. The number of fused-ring (bicyclic) bond motifs is 1. The van der Waals surface area contributed by atoms with Crippen LogP contribution in [0, 0.1) is 6.92 Å². The highest BCUT2D eigenvalue weighted by atomic mass is 32.1. The van der Waals surface area contributed by atoms with E-state index in [4.69, 9.17) is 0 Å². The summed E-state index contributed by atoms with van der Waals surface area (Å²) in [5.41, 5.74) is 1.27. The highest BCUT2D eigenvalue weighted by Gasteiger charge is 2.30. The summed E-state index contributed by atoms with van der Waals surface area (Å²) in [4.78, 5) is 18.7. The molecule has 1 aromatic heterocycles. The molecule has 0 radical (unpaired) electrons. The molecule has 3 nitrogen and oxygen atoms in total. The van der Waals surface area contributed by atoms with Crippen LogP contribution < -0.4 is 4.90 Å². The number of hydrogen-bond acceptors (Lipinski definition) is 3. The number of hydrogen-bond donors (Lipinski definition) is 0. The van der Waals surface area contributed by atoms with Crippen molar-refractivity contribution in [1.82, 2.24) is 4.98 Å². The van der Waals surface area contributed by atoms with Gasteiger partial charge in [0.15, 0.2) is 5.13 Å². The number of aromatic nitrogens is 1. The van der Waals surface area contributed by atoms with Gasteiger partial charge in [0.05, 0.1) is 15.8 Å². The molecule has 0 unspecified atom stereocenters. The number of anilines is 1. The zero-order chi connectivity index (χ0) is 18.2. The lowest BCUT2D eigenvalue weighted by atomic mass is 10.1. The van der Waals surface area contributed by atoms with Crippen LogP contribution >= 0.6 is 11.3 Å². The van der Waals surface area contributed by atoms with E-state index in [1.807, 2.05) is 25.1 Å². The molecule has 130 valence electrons. The molecule has 25 heavy (non-hydrogen) atoms. The Morgan fingerprint density at radius 2 is 1.84 bits per heavy atom. The lowest BCUT2D eigenvalue weighted by Crippen LogP contribution is -2.30. The minimum absolute atomic E-state index is 0.200. The average Bonchev–Trinajstić information content (AvgIpc) is 3.00. The molecule has 1 amide bonds. The van der Waals surface area contributed by atoms with Crippen LogP contribution in [0.3, 0.4) is 0 Å². The van der Waals surface area contributed by atoms with Crippen molar-refractivity contribution in [1.29, 1.82) is 0 Å². The lowest BCUT2D eigenvalue weighted by molar-refractivity contribution is -0.137. The first kappa shape index (κ1) is 17.4. The van der Waals surface area contributed by atoms with Crippen molar-refractivity contribution in [2.45, 2.75) is 20.0 Å². The standard InChI is InChI=1S/C18H15F3N2OS/c1-3-23(17-22-15-11(2)5-4-6-14(15)25-17)16(24)12-7-9-13(10-8-12)18(19,20)21/h4-10H,3H2,1-2H3. The summed E-state index contributed by atoms with van der Waals surface area (Å²) in [6, 6.07) is 10.0. The van der Waals surface area contributed by atoms with Crippen molar-refractivity contribution in [2.75, 3.05) is 11.4 Å². The molecule has 0 spiro atoms. The number of benzene rings is 2. The van der Waals surface area contributed by atoms with Gasteiger partial charge in [-0.3, -0.25) is 9.69 Å². The normalized spacial score (nSPS) is 11.7. The fraction of sp³-hybridized carbons (Fsp3) is 0.222. The van der Waals surface area contributed by atoms with Gasteiger partial charge in [-0.05, 0) is 49.7 Å². The van der Waals surface area contributed by atoms with Crippen LogP contribution in [-0.4, -0.2) is 17.4 Å². The fourth-order valence-electron chi connectivity index (χ4n) is 2.51. The van der Waals surface area contributed by atoms with E-state index in [0.717, 1.165) is 27.9 Å². The van der Waals surface area contributed by atoms with Crippen LogP contribution in [0.4, 0.5) is 18.3 Å². The first-order valence-corrected chi connectivity index (χ1v) is 8.48. The molecule has 0 fully saturated rings. The summed E-state index contributed by atoms with van der Waals surface area (Å²) in [6.07, 6.45) is -4.42. The van der Waals surface area contributed by atoms with Gasteiger partial charge in [-0.1, -0.05) is 23.5 Å². The zero-order valence-electron chi connectivity index (χ0n) is 13.6. The molecular formula is C18H15F3N2OS. The number of halogens is 3. The Morgan fingerprint density at radius 3 is 2.40 bits per heavy atom. The summed E-state index contributed by atoms with van der Waals surface area (Å²) in [5.74, 6) is -0.368. The van der Waals surface area contributed by atoms with E-state index in [-0.39, 0.29) is 11.5 Å². The summed E-state index contributed by atoms with van der Waals surface area (Å²) < 4.78 is 39.0. The molecule has 7 heteroatoms. The minimum atomic E-state index is -4.42. The Kier molecular flexibility index (Phi) is 4.51. The van der Waals surface area contributed by atoms with Crippen molar-refractivity contribution >= 4 is 32.6 Å². The highest BCUT2D eigenvalue weighted by molar-refractivity contribution is 7.22. The van der Waals surface area contributed by atoms with Crippen molar-refractivity contribution in [2.24, 2.45) is 0 Å². The second-order valence-electron chi connectivity index (χ2n) is 5.54. The number of carbonyl (C=O) groups is 1. The van der Waals surface area contributed by atoms with Crippen molar-refractivity contribution in [3.05, 3.63) is 59.2 Å². The van der Waals surface area contributed by atoms with Crippen LogP contribution in [0.1, 0.15) is 28.4 Å². The van der Waals surface area contributed by atoms with E-state index in [0.29, 0.717) is 11.7 Å². The maximum Gasteiger partial charge on any atom is 0.416 e. The molecule has 3 aromatic rings. The first-order valence-electron chi connectivity index (χ1n) is 7.66. The quantitative estimate of drug-likeness (QED) is 0.633. The molecule has 1 heterocycles. The lowest BCUT2D eigenvalue weighted by Gasteiger charge is -2.18. The summed E-state index contributed by atoms with van der Waals surface area (Å²) in [6.45, 7) is 4.12. The fourth-order valence-corrected chi connectivity index (χ4v) is 3.62. The van der Waals surface area contributed by atoms with Crippen LogP contribution in [0.25, 0.3) is 10.2 Å². The number of amides is 1. The van der Waals surface area contributed by atoms with E-state index in [1.54, 1.807) is 6.92 Å². The molecule has 0 atom stereocenters. The summed E-state index contributed by atoms with van der Waals surface area (Å²) >= 11 is 1.39. The number of nitrogens with zero attached hydrogens (tertiary/aromatic N) is 2. The third-order valence-electron chi connectivity index (χ3n) is 3.86. The molecule has 0 aliphatic carbocycles. The maximum atomic E-state index is 12.7. The number of alkyl halides is 3. The zero-order valence-corrected chi connectivity index (χ0v) is 14.4.